The fourth-order valence-corrected chi connectivity index (χ4v) is 2.17. The normalized spacial score (nSPS) is 10.3. The molecular formula is C18H17N3O2. The maximum atomic E-state index is 11.9. The molecule has 5 heteroatoms. The van der Waals surface area contributed by atoms with Gasteiger partial charge in [-0.15, -0.1) is 0 Å². The van der Waals surface area contributed by atoms with Crippen molar-refractivity contribution in [1.29, 1.82) is 0 Å². The first kappa shape index (κ1) is 14.8. The van der Waals surface area contributed by atoms with Crippen LogP contribution in [0.4, 0.5) is 17.2 Å². The molecule has 0 aliphatic carbocycles. The predicted molar refractivity (Wildman–Crippen MR) is 90.1 cm³/mol. The molecule has 1 amide bonds. The van der Waals surface area contributed by atoms with Crippen LogP contribution >= 0.6 is 0 Å². The topological polar surface area (TPSA) is 67.2 Å². The number of nitrogens with one attached hydrogen (secondary N) is 2. The number of furan rings is 1. The van der Waals surface area contributed by atoms with Crippen LogP contribution in [0.3, 0.4) is 0 Å². The number of nitrogens with zero attached hydrogens (tertiary/aromatic N) is 1. The molecule has 2 heterocycles. The molecule has 0 fully saturated rings. The highest BCUT2D eigenvalue weighted by atomic mass is 16.3. The Morgan fingerprint density at radius 2 is 1.96 bits per heavy atom. The number of aromatic nitrogens is 1. The molecule has 3 rings (SSSR count). The number of pyridine rings is 1. The van der Waals surface area contributed by atoms with Crippen molar-refractivity contribution in [2.45, 2.75) is 13.8 Å². The second-order valence-electron chi connectivity index (χ2n) is 5.24. The lowest BCUT2D eigenvalue weighted by Crippen LogP contribution is -2.11. The van der Waals surface area contributed by atoms with Crippen LogP contribution in [0.15, 0.2) is 59.3 Å². The number of carbonyl (C=O) groups excluding carboxylic acids is 1. The summed E-state index contributed by atoms with van der Waals surface area (Å²) < 4.78 is 5.05. The van der Waals surface area contributed by atoms with Gasteiger partial charge in [0.2, 0.25) is 0 Å². The third kappa shape index (κ3) is 3.40. The number of hydrogen-bond acceptors (Lipinski definition) is 4. The van der Waals surface area contributed by atoms with Crippen molar-refractivity contribution in [2.24, 2.45) is 0 Å². The molecule has 0 spiro atoms. The van der Waals surface area contributed by atoms with Gasteiger partial charge in [0.05, 0.1) is 18.1 Å². The first-order valence-corrected chi connectivity index (χ1v) is 7.27. The van der Waals surface area contributed by atoms with Crippen LogP contribution in [0.2, 0.25) is 0 Å². The van der Waals surface area contributed by atoms with Gasteiger partial charge < -0.3 is 15.1 Å². The quantitative estimate of drug-likeness (QED) is 0.754. The number of anilines is 3. The van der Waals surface area contributed by atoms with Gasteiger partial charge in [0, 0.05) is 5.69 Å². The van der Waals surface area contributed by atoms with Gasteiger partial charge >= 0.3 is 0 Å². The summed E-state index contributed by atoms with van der Waals surface area (Å²) in [6, 6.07) is 13.0. The summed E-state index contributed by atoms with van der Waals surface area (Å²) >= 11 is 0. The Morgan fingerprint density at radius 3 is 2.65 bits per heavy atom. The molecular weight excluding hydrogens is 290 g/mol. The summed E-state index contributed by atoms with van der Waals surface area (Å²) in [4.78, 5) is 16.2. The average molecular weight is 307 g/mol. The van der Waals surface area contributed by atoms with Crippen LogP contribution in [-0.4, -0.2) is 10.9 Å². The molecule has 0 saturated heterocycles. The lowest BCUT2D eigenvalue weighted by molar-refractivity contribution is 0.0996. The van der Waals surface area contributed by atoms with E-state index >= 15 is 0 Å². The fraction of sp³-hybridized carbons (Fsp3) is 0.111. The number of hydrogen-bond donors (Lipinski definition) is 2. The van der Waals surface area contributed by atoms with E-state index in [2.05, 4.69) is 35.5 Å². The summed E-state index contributed by atoms with van der Waals surface area (Å²) in [7, 11) is 0. The van der Waals surface area contributed by atoms with Crippen LogP contribution in [0, 0.1) is 13.8 Å². The summed E-state index contributed by atoms with van der Waals surface area (Å²) in [6.45, 7) is 4.14. The highest BCUT2D eigenvalue weighted by Gasteiger charge is 2.09. The standard InChI is InChI=1S/C18H17N3O2/c1-12-5-3-6-15(13(12)2)21-17-9-8-14(11-19-17)20-18(22)16-7-4-10-23-16/h3-11H,1-2H3,(H,19,21)(H,20,22). The number of aryl methyl sites for hydroxylation is 1. The van der Waals surface area contributed by atoms with E-state index in [0.29, 0.717) is 5.69 Å². The van der Waals surface area contributed by atoms with Crippen molar-refractivity contribution in [2.75, 3.05) is 10.6 Å². The van der Waals surface area contributed by atoms with Crippen LogP contribution in [-0.2, 0) is 0 Å². The zero-order chi connectivity index (χ0) is 16.2. The summed E-state index contributed by atoms with van der Waals surface area (Å²) in [6.07, 6.45) is 3.07. The van der Waals surface area contributed by atoms with E-state index in [1.165, 1.54) is 17.4 Å². The Hall–Kier alpha value is -3.08. The lowest BCUT2D eigenvalue weighted by Gasteiger charge is -2.11. The third-order valence-electron chi connectivity index (χ3n) is 3.63. The molecule has 0 saturated carbocycles. The monoisotopic (exact) mass is 307 g/mol. The molecule has 2 aromatic heterocycles. The Labute approximate surface area is 134 Å². The predicted octanol–water partition coefficient (Wildman–Crippen LogP) is 4.29. The van der Waals surface area contributed by atoms with Crippen molar-refractivity contribution in [3.8, 4) is 0 Å². The van der Waals surface area contributed by atoms with Crippen molar-refractivity contribution in [3.05, 3.63) is 71.8 Å². The SMILES string of the molecule is Cc1cccc(Nc2ccc(NC(=O)c3ccco3)cn2)c1C. The van der Waals surface area contributed by atoms with E-state index in [1.807, 2.05) is 18.2 Å². The molecule has 3 aromatic rings. The molecule has 0 unspecified atom stereocenters. The zero-order valence-electron chi connectivity index (χ0n) is 13.0. The molecule has 0 aliphatic heterocycles. The van der Waals surface area contributed by atoms with Gasteiger partial charge in [0.15, 0.2) is 5.76 Å². The van der Waals surface area contributed by atoms with Gasteiger partial charge in [-0.1, -0.05) is 12.1 Å². The lowest BCUT2D eigenvalue weighted by atomic mass is 10.1. The van der Waals surface area contributed by atoms with E-state index in [-0.39, 0.29) is 11.7 Å². The average Bonchev–Trinajstić information content (AvgIpc) is 3.08. The fourth-order valence-electron chi connectivity index (χ4n) is 2.17. The molecule has 0 atom stereocenters. The van der Waals surface area contributed by atoms with E-state index in [4.69, 9.17) is 4.42 Å². The van der Waals surface area contributed by atoms with Gasteiger partial charge in [-0.2, -0.15) is 0 Å². The van der Waals surface area contributed by atoms with E-state index < -0.39 is 0 Å². The first-order valence-electron chi connectivity index (χ1n) is 7.27. The minimum absolute atomic E-state index is 0.266. The molecule has 0 bridgehead atoms. The van der Waals surface area contributed by atoms with Gasteiger partial charge in [-0.25, -0.2) is 4.98 Å². The minimum atomic E-state index is -0.299. The van der Waals surface area contributed by atoms with Crippen molar-refractivity contribution >= 4 is 23.1 Å². The Bertz CT molecular complexity index is 809. The summed E-state index contributed by atoms with van der Waals surface area (Å²) in [5.74, 6) is 0.685. The van der Waals surface area contributed by atoms with Crippen molar-refractivity contribution in [3.63, 3.8) is 0 Å². The Balaban J connectivity index is 1.70. The first-order chi connectivity index (χ1) is 11.1. The molecule has 5 nitrogen and oxygen atoms in total. The molecule has 2 N–H and O–H groups in total. The summed E-state index contributed by atoms with van der Waals surface area (Å²) in [5.41, 5.74) is 4.03. The number of amides is 1. The number of carbonyl (C=O) groups is 1. The van der Waals surface area contributed by atoms with Crippen molar-refractivity contribution in [1.82, 2.24) is 4.98 Å². The van der Waals surface area contributed by atoms with Crippen LogP contribution in [0.1, 0.15) is 21.7 Å². The molecule has 0 radical (unpaired) electrons. The largest absolute Gasteiger partial charge is 0.459 e. The van der Waals surface area contributed by atoms with E-state index in [9.17, 15) is 4.79 Å². The van der Waals surface area contributed by atoms with Gasteiger partial charge in [0.25, 0.3) is 5.91 Å². The number of rotatable bonds is 4. The highest BCUT2D eigenvalue weighted by Crippen LogP contribution is 2.22. The minimum Gasteiger partial charge on any atom is -0.459 e. The smallest absolute Gasteiger partial charge is 0.291 e. The second kappa shape index (κ2) is 6.36. The van der Waals surface area contributed by atoms with Crippen LogP contribution in [0.25, 0.3) is 0 Å². The summed E-state index contributed by atoms with van der Waals surface area (Å²) in [5, 5.41) is 6.01. The Morgan fingerprint density at radius 1 is 1.09 bits per heavy atom. The molecule has 23 heavy (non-hydrogen) atoms. The third-order valence-corrected chi connectivity index (χ3v) is 3.63. The van der Waals surface area contributed by atoms with Gasteiger partial charge in [-0.3, -0.25) is 4.79 Å². The van der Waals surface area contributed by atoms with Crippen LogP contribution in [0.5, 0.6) is 0 Å². The maximum Gasteiger partial charge on any atom is 0.291 e. The molecule has 0 aliphatic rings. The Kier molecular flexibility index (Phi) is 4.10. The number of benzene rings is 1. The van der Waals surface area contributed by atoms with E-state index in [0.717, 1.165) is 11.5 Å². The molecule has 1 aromatic carbocycles. The van der Waals surface area contributed by atoms with Gasteiger partial charge in [-0.05, 0) is 55.3 Å². The van der Waals surface area contributed by atoms with Crippen LogP contribution < -0.4 is 10.6 Å². The highest BCUT2D eigenvalue weighted by molar-refractivity contribution is 6.02. The van der Waals surface area contributed by atoms with E-state index in [1.54, 1.807) is 24.4 Å². The molecule has 116 valence electrons. The maximum absolute atomic E-state index is 11.9. The van der Waals surface area contributed by atoms with Crippen molar-refractivity contribution < 1.29 is 9.21 Å². The van der Waals surface area contributed by atoms with Gasteiger partial charge in [0.1, 0.15) is 5.82 Å². The second-order valence-corrected chi connectivity index (χ2v) is 5.24. The zero-order valence-corrected chi connectivity index (χ0v) is 13.0.